The van der Waals surface area contributed by atoms with Gasteiger partial charge in [0.2, 0.25) is 20.9 Å². The van der Waals surface area contributed by atoms with E-state index in [4.69, 9.17) is 0 Å². The molecule has 36 heavy (non-hydrogen) atoms. The molecule has 1 aromatic carbocycles. The molecule has 0 spiro atoms. The van der Waals surface area contributed by atoms with E-state index in [1.54, 1.807) is 21.1 Å². The number of benzene rings is 1. The van der Waals surface area contributed by atoms with Gasteiger partial charge in [-0.2, -0.15) is 0 Å². The zero-order chi connectivity index (χ0) is 25.4. The summed E-state index contributed by atoms with van der Waals surface area (Å²) in [5.74, 6) is 0.330. The molecule has 3 aromatic heterocycles. The highest BCUT2D eigenvalue weighted by Gasteiger charge is 2.41. The smallest absolute Gasteiger partial charge is 0.291 e. The van der Waals surface area contributed by atoms with Gasteiger partial charge in [-0.05, 0) is 45.7 Å². The van der Waals surface area contributed by atoms with Crippen LogP contribution in [0.25, 0.3) is 21.9 Å². The summed E-state index contributed by atoms with van der Waals surface area (Å²) in [6, 6.07) is 3.56. The number of halogens is 2. The number of sulfonamides is 1. The van der Waals surface area contributed by atoms with Gasteiger partial charge in [0.15, 0.2) is 5.01 Å². The lowest BCUT2D eigenvalue weighted by atomic mass is 10.1. The molecule has 192 valence electrons. The van der Waals surface area contributed by atoms with Crippen molar-refractivity contribution >= 4 is 43.9 Å². The van der Waals surface area contributed by atoms with Crippen LogP contribution < -0.4 is 14.9 Å². The Balaban J connectivity index is 1.63. The van der Waals surface area contributed by atoms with Gasteiger partial charge in [-0.25, -0.2) is 21.9 Å². The van der Waals surface area contributed by atoms with E-state index in [0.717, 1.165) is 24.2 Å². The minimum absolute atomic E-state index is 0.0884. The number of aromatic nitrogens is 6. The number of piperazine rings is 1. The SMILES string of the molecule is C[C@H]1CN(c2cc(S(=O)(=O)NC3(C)CC3)cc3c2n2cnnc2n3-c2nnc(C(F)F)s2)C[C@H](C)N1. The van der Waals surface area contributed by atoms with E-state index >= 15 is 0 Å². The first-order valence-electron chi connectivity index (χ1n) is 11.6. The summed E-state index contributed by atoms with van der Waals surface area (Å²) in [6.07, 6.45) is 0.293. The second-order valence-electron chi connectivity index (χ2n) is 9.91. The minimum Gasteiger partial charge on any atom is -0.367 e. The predicted molar refractivity (Wildman–Crippen MR) is 130 cm³/mol. The van der Waals surface area contributed by atoms with Gasteiger partial charge in [0.1, 0.15) is 6.33 Å². The molecule has 1 saturated heterocycles. The van der Waals surface area contributed by atoms with Gasteiger partial charge < -0.3 is 10.2 Å². The van der Waals surface area contributed by atoms with E-state index in [2.05, 4.69) is 49.2 Å². The molecule has 0 bridgehead atoms. The van der Waals surface area contributed by atoms with E-state index in [0.29, 0.717) is 35.6 Å². The van der Waals surface area contributed by atoms with Crippen molar-refractivity contribution in [1.82, 2.24) is 39.4 Å². The molecule has 15 heteroatoms. The highest BCUT2D eigenvalue weighted by molar-refractivity contribution is 7.89. The summed E-state index contributed by atoms with van der Waals surface area (Å²) in [5.41, 5.74) is 1.37. The number of imidazole rings is 1. The maximum atomic E-state index is 13.5. The maximum Gasteiger partial charge on any atom is 0.291 e. The Morgan fingerprint density at radius 2 is 1.89 bits per heavy atom. The first kappa shape index (κ1) is 23.6. The Hall–Kier alpha value is -2.75. The van der Waals surface area contributed by atoms with Crippen molar-refractivity contribution in [3.63, 3.8) is 0 Å². The van der Waals surface area contributed by atoms with E-state index < -0.39 is 27.0 Å². The number of fused-ring (bicyclic) bond motifs is 3. The Morgan fingerprint density at radius 1 is 1.17 bits per heavy atom. The van der Waals surface area contributed by atoms with E-state index in [-0.39, 0.29) is 22.1 Å². The summed E-state index contributed by atoms with van der Waals surface area (Å²) in [6.45, 7) is 7.32. The normalized spacial score (nSPS) is 22.2. The van der Waals surface area contributed by atoms with Crippen LogP contribution in [0.5, 0.6) is 0 Å². The van der Waals surface area contributed by atoms with E-state index in [9.17, 15) is 17.2 Å². The molecule has 2 atom stereocenters. The van der Waals surface area contributed by atoms with Crippen LogP contribution in [-0.2, 0) is 10.0 Å². The van der Waals surface area contributed by atoms with Crippen LogP contribution in [0, 0.1) is 0 Å². The largest absolute Gasteiger partial charge is 0.367 e. The zero-order valence-corrected chi connectivity index (χ0v) is 21.4. The fourth-order valence-electron chi connectivity index (χ4n) is 4.83. The molecule has 0 radical (unpaired) electrons. The van der Waals surface area contributed by atoms with Gasteiger partial charge in [-0.15, -0.1) is 20.4 Å². The Kier molecular flexibility index (Phi) is 5.34. The molecule has 4 heterocycles. The maximum absolute atomic E-state index is 13.5. The predicted octanol–water partition coefficient (Wildman–Crippen LogP) is 2.48. The molecule has 0 amide bonds. The van der Waals surface area contributed by atoms with Crippen molar-refractivity contribution in [2.75, 3.05) is 18.0 Å². The molecule has 4 aromatic rings. The lowest BCUT2D eigenvalue weighted by Gasteiger charge is -2.38. The lowest BCUT2D eigenvalue weighted by Crippen LogP contribution is -2.54. The number of rotatable bonds is 6. The molecule has 1 aliphatic heterocycles. The van der Waals surface area contributed by atoms with E-state index in [1.807, 2.05) is 6.92 Å². The van der Waals surface area contributed by atoms with Crippen molar-refractivity contribution in [1.29, 1.82) is 0 Å². The number of alkyl halides is 2. The van der Waals surface area contributed by atoms with Crippen molar-refractivity contribution in [3.8, 4) is 5.13 Å². The van der Waals surface area contributed by atoms with Gasteiger partial charge in [0.25, 0.3) is 6.43 Å². The molecule has 0 unspecified atom stereocenters. The van der Waals surface area contributed by atoms with Crippen molar-refractivity contribution < 1.29 is 17.2 Å². The summed E-state index contributed by atoms with van der Waals surface area (Å²) in [4.78, 5) is 2.23. The van der Waals surface area contributed by atoms with Gasteiger partial charge in [-0.3, -0.25) is 8.97 Å². The fraction of sp³-hybridized carbons (Fsp3) is 0.524. The molecule has 6 rings (SSSR count). The number of nitrogens with zero attached hydrogens (tertiary/aromatic N) is 7. The van der Waals surface area contributed by atoms with Crippen LogP contribution in [0.2, 0.25) is 0 Å². The van der Waals surface area contributed by atoms with Crippen molar-refractivity contribution in [3.05, 3.63) is 23.5 Å². The molecule has 1 saturated carbocycles. The average molecular weight is 538 g/mol. The second kappa shape index (κ2) is 8.13. The van der Waals surface area contributed by atoms with Gasteiger partial charge in [0.05, 0.1) is 21.6 Å². The Morgan fingerprint density at radius 3 is 2.53 bits per heavy atom. The van der Waals surface area contributed by atoms with Gasteiger partial charge in [0, 0.05) is 30.7 Å². The third-order valence-electron chi connectivity index (χ3n) is 6.65. The third-order valence-corrected chi connectivity index (χ3v) is 9.19. The summed E-state index contributed by atoms with van der Waals surface area (Å²) < 4.78 is 59.7. The van der Waals surface area contributed by atoms with Crippen LogP contribution in [0.4, 0.5) is 14.5 Å². The number of hydrogen-bond donors (Lipinski definition) is 2. The lowest BCUT2D eigenvalue weighted by molar-refractivity contribution is 0.150. The van der Waals surface area contributed by atoms with Crippen LogP contribution in [0.3, 0.4) is 0 Å². The first-order valence-corrected chi connectivity index (χ1v) is 13.9. The molecule has 2 fully saturated rings. The zero-order valence-electron chi connectivity index (χ0n) is 19.8. The number of anilines is 1. The fourth-order valence-corrected chi connectivity index (χ4v) is 7.04. The molecule has 2 aliphatic rings. The Bertz CT molecular complexity index is 1560. The summed E-state index contributed by atoms with van der Waals surface area (Å²) in [7, 11) is -3.87. The number of nitrogens with one attached hydrogen (secondary N) is 2. The van der Waals surface area contributed by atoms with E-state index in [1.165, 1.54) is 6.33 Å². The summed E-state index contributed by atoms with van der Waals surface area (Å²) in [5, 5.41) is 19.0. The highest BCUT2D eigenvalue weighted by Crippen LogP contribution is 2.39. The highest BCUT2D eigenvalue weighted by atomic mass is 32.2. The standard InChI is InChI=1S/C21H25F2N9O2S2/c1-11-8-30(9-12(2)25-11)14-6-13(36(33,34)29-21(3)4-5-21)7-15-16(14)31-10-24-27-19(31)32(15)20-28-26-18(35-20)17(22)23/h6-7,10-12,17,25,29H,4-5,8-9H2,1-3H3/t11-,12-/m0/s1. The van der Waals surface area contributed by atoms with Crippen LogP contribution in [0.15, 0.2) is 23.4 Å². The number of hydrogen-bond acceptors (Lipinski definition) is 9. The van der Waals surface area contributed by atoms with Gasteiger partial charge >= 0.3 is 0 Å². The minimum atomic E-state index is -3.87. The van der Waals surface area contributed by atoms with Crippen LogP contribution in [0.1, 0.15) is 45.0 Å². The molecule has 1 aliphatic carbocycles. The molecular formula is C21H25F2N9O2S2. The molecule has 2 N–H and O–H groups in total. The van der Waals surface area contributed by atoms with Crippen LogP contribution in [-0.4, -0.2) is 68.5 Å². The van der Waals surface area contributed by atoms with Crippen molar-refractivity contribution in [2.45, 2.75) is 62.6 Å². The third kappa shape index (κ3) is 3.93. The topological polar surface area (TPSA) is 122 Å². The molecular weight excluding hydrogens is 512 g/mol. The monoisotopic (exact) mass is 537 g/mol. The summed E-state index contributed by atoms with van der Waals surface area (Å²) >= 11 is 0.728. The second-order valence-corrected chi connectivity index (χ2v) is 12.6. The first-order chi connectivity index (χ1) is 17.0. The van der Waals surface area contributed by atoms with Crippen LogP contribution >= 0.6 is 11.3 Å². The molecule has 11 nitrogen and oxygen atoms in total. The Labute approximate surface area is 209 Å². The van der Waals surface area contributed by atoms with Gasteiger partial charge in [-0.1, -0.05) is 11.3 Å². The average Bonchev–Trinajstić information content (AvgIpc) is 3.18. The van der Waals surface area contributed by atoms with Crippen molar-refractivity contribution in [2.24, 2.45) is 0 Å². The quantitative estimate of drug-likeness (QED) is 0.385.